The molecular weight excluding hydrogens is 348 g/mol. The molecule has 0 radical (unpaired) electrons. The van der Waals surface area contributed by atoms with E-state index < -0.39 is 17.9 Å². The van der Waals surface area contributed by atoms with Crippen molar-refractivity contribution in [3.8, 4) is 5.69 Å². The number of carbonyl (C=O) groups is 2. The first-order valence-electron chi connectivity index (χ1n) is 7.17. The molecule has 4 N–H and O–H groups in total. The van der Waals surface area contributed by atoms with Gasteiger partial charge in [-0.15, -0.1) is 0 Å². The minimum absolute atomic E-state index is 0.0527. The highest BCUT2D eigenvalue weighted by Gasteiger charge is 2.18. The standard InChI is InChI=1S/C15H13ClN6O3/c1-7(14(24)25)19-12-10-13(21-15(16)20-12)22(6-18-10)9-4-2-8(3-5-9)11(17)23/h2-7H,1H3,(H2,17,23)(H,24,25)(H,19,20,21). The van der Waals surface area contributed by atoms with Crippen LogP contribution in [0.5, 0.6) is 0 Å². The summed E-state index contributed by atoms with van der Waals surface area (Å²) in [6.45, 7) is 1.48. The van der Waals surface area contributed by atoms with Crippen molar-refractivity contribution in [1.82, 2.24) is 19.5 Å². The second-order valence-corrected chi connectivity index (χ2v) is 5.58. The number of aliphatic carboxylic acids is 1. The topological polar surface area (TPSA) is 136 Å². The number of nitrogens with one attached hydrogen (secondary N) is 1. The first-order chi connectivity index (χ1) is 11.9. The van der Waals surface area contributed by atoms with Crippen molar-refractivity contribution in [3.63, 3.8) is 0 Å². The van der Waals surface area contributed by atoms with Gasteiger partial charge in [0.15, 0.2) is 17.0 Å². The molecule has 1 unspecified atom stereocenters. The van der Waals surface area contributed by atoms with Gasteiger partial charge in [0.2, 0.25) is 11.2 Å². The average molecular weight is 361 g/mol. The number of hydrogen-bond acceptors (Lipinski definition) is 6. The number of carbonyl (C=O) groups excluding carboxylic acids is 1. The van der Waals surface area contributed by atoms with Crippen LogP contribution in [0.4, 0.5) is 5.82 Å². The maximum absolute atomic E-state index is 11.2. The maximum atomic E-state index is 11.2. The molecule has 1 aromatic carbocycles. The first kappa shape index (κ1) is 16.7. The molecule has 1 amide bonds. The minimum Gasteiger partial charge on any atom is -0.480 e. The number of nitrogens with two attached hydrogens (primary N) is 1. The fraction of sp³-hybridized carbons (Fsp3) is 0.133. The first-order valence-corrected chi connectivity index (χ1v) is 7.55. The molecule has 1 atom stereocenters. The summed E-state index contributed by atoms with van der Waals surface area (Å²) in [5.74, 6) is -1.34. The Hall–Kier alpha value is -3.20. The van der Waals surface area contributed by atoms with Gasteiger partial charge in [0, 0.05) is 11.3 Å². The lowest BCUT2D eigenvalue weighted by Crippen LogP contribution is -2.26. The Kier molecular flexibility index (Phi) is 4.24. The van der Waals surface area contributed by atoms with Gasteiger partial charge in [-0.2, -0.15) is 9.97 Å². The van der Waals surface area contributed by atoms with Crippen molar-refractivity contribution in [3.05, 3.63) is 41.4 Å². The van der Waals surface area contributed by atoms with Crippen LogP contribution >= 0.6 is 11.6 Å². The lowest BCUT2D eigenvalue weighted by atomic mass is 10.2. The summed E-state index contributed by atoms with van der Waals surface area (Å²) in [6, 6.07) is 5.65. The number of amides is 1. The van der Waals surface area contributed by atoms with Crippen molar-refractivity contribution in [2.24, 2.45) is 5.73 Å². The minimum atomic E-state index is -1.04. The summed E-state index contributed by atoms with van der Waals surface area (Å²) in [4.78, 5) is 34.6. The Bertz CT molecular complexity index is 969. The van der Waals surface area contributed by atoms with Crippen molar-refractivity contribution in [2.45, 2.75) is 13.0 Å². The van der Waals surface area contributed by atoms with Crippen LogP contribution in [-0.4, -0.2) is 42.5 Å². The van der Waals surface area contributed by atoms with E-state index in [2.05, 4.69) is 20.3 Å². The molecule has 9 nitrogen and oxygen atoms in total. The van der Waals surface area contributed by atoms with Crippen molar-refractivity contribution in [2.75, 3.05) is 5.32 Å². The summed E-state index contributed by atoms with van der Waals surface area (Å²) in [6.07, 6.45) is 1.51. The van der Waals surface area contributed by atoms with Gasteiger partial charge < -0.3 is 16.2 Å². The highest BCUT2D eigenvalue weighted by molar-refractivity contribution is 6.28. The van der Waals surface area contributed by atoms with E-state index in [1.165, 1.54) is 13.3 Å². The van der Waals surface area contributed by atoms with Crippen LogP contribution in [0.25, 0.3) is 16.9 Å². The largest absolute Gasteiger partial charge is 0.480 e. The zero-order valence-electron chi connectivity index (χ0n) is 13.0. The predicted octanol–water partition coefficient (Wildman–Crippen LogP) is 1.45. The predicted molar refractivity (Wildman–Crippen MR) is 90.9 cm³/mol. The van der Waals surface area contributed by atoms with E-state index in [9.17, 15) is 9.59 Å². The van der Waals surface area contributed by atoms with E-state index in [4.69, 9.17) is 22.4 Å². The molecule has 2 heterocycles. The molecule has 10 heteroatoms. The van der Waals surface area contributed by atoms with E-state index in [1.54, 1.807) is 28.8 Å². The number of fused-ring (bicyclic) bond motifs is 1. The third kappa shape index (κ3) is 3.22. The SMILES string of the molecule is CC(Nc1nc(Cl)nc2c1ncn2-c1ccc(C(N)=O)cc1)C(=O)O. The van der Waals surface area contributed by atoms with Gasteiger partial charge in [0.1, 0.15) is 12.4 Å². The second kappa shape index (κ2) is 6.36. The van der Waals surface area contributed by atoms with Crippen LogP contribution in [0, 0.1) is 0 Å². The van der Waals surface area contributed by atoms with Gasteiger partial charge in [-0.1, -0.05) is 0 Å². The number of anilines is 1. The molecule has 2 aromatic heterocycles. The fourth-order valence-corrected chi connectivity index (χ4v) is 2.38. The number of hydrogen-bond donors (Lipinski definition) is 3. The number of carboxylic acids is 1. The Labute approximate surface area is 146 Å². The third-order valence-corrected chi connectivity index (χ3v) is 3.69. The molecule has 128 valence electrons. The van der Waals surface area contributed by atoms with Crippen LogP contribution in [0.2, 0.25) is 5.28 Å². The summed E-state index contributed by atoms with van der Waals surface area (Å²) in [5, 5.41) is 11.7. The molecule has 0 aliphatic rings. The van der Waals surface area contributed by atoms with E-state index in [-0.39, 0.29) is 11.1 Å². The zero-order valence-corrected chi connectivity index (χ0v) is 13.7. The van der Waals surface area contributed by atoms with Crippen molar-refractivity contribution < 1.29 is 14.7 Å². The van der Waals surface area contributed by atoms with Gasteiger partial charge in [-0.05, 0) is 42.8 Å². The third-order valence-electron chi connectivity index (χ3n) is 3.52. The highest BCUT2D eigenvalue weighted by Crippen LogP contribution is 2.24. The van der Waals surface area contributed by atoms with E-state index in [1.807, 2.05) is 0 Å². The molecular formula is C15H13ClN6O3. The summed E-state index contributed by atoms with van der Waals surface area (Å²) in [5.41, 5.74) is 7.05. The zero-order chi connectivity index (χ0) is 18.1. The second-order valence-electron chi connectivity index (χ2n) is 5.24. The van der Waals surface area contributed by atoms with E-state index >= 15 is 0 Å². The monoisotopic (exact) mass is 360 g/mol. The van der Waals surface area contributed by atoms with Crippen LogP contribution in [-0.2, 0) is 4.79 Å². The Morgan fingerprint density at radius 1 is 1.28 bits per heavy atom. The van der Waals surface area contributed by atoms with E-state index in [0.717, 1.165) is 0 Å². The number of nitrogens with zero attached hydrogens (tertiary/aromatic N) is 4. The lowest BCUT2D eigenvalue weighted by molar-refractivity contribution is -0.137. The highest BCUT2D eigenvalue weighted by atomic mass is 35.5. The Morgan fingerprint density at radius 3 is 2.56 bits per heavy atom. The maximum Gasteiger partial charge on any atom is 0.325 e. The Morgan fingerprint density at radius 2 is 1.96 bits per heavy atom. The number of carboxylic acid groups (broad SMARTS) is 1. The number of imidazole rings is 1. The van der Waals surface area contributed by atoms with Crippen molar-refractivity contribution in [1.29, 1.82) is 0 Å². The van der Waals surface area contributed by atoms with Crippen LogP contribution in [0.1, 0.15) is 17.3 Å². The molecule has 0 fully saturated rings. The lowest BCUT2D eigenvalue weighted by Gasteiger charge is -2.10. The Balaban J connectivity index is 2.08. The molecule has 25 heavy (non-hydrogen) atoms. The van der Waals surface area contributed by atoms with Crippen molar-refractivity contribution >= 4 is 40.5 Å². The molecule has 3 rings (SSSR count). The van der Waals surface area contributed by atoms with Gasteiger partial charge in [0.25, 0.3) is 0 Å². The quantitative estimate of drug-likeness (QED) is 0.586. The molecule has 0 saturated carbocycles. The molecule has 0 aliphatic heterocycles. The number of aromatic nitrogens is 4. The number of rotatable bonds is 5. The summed E-state index contributed by atoms with van der Waals surface area (Å²) < 4.78 is 1.64. The van der Waals surface area contributed by atoms with Crippen LogP contribution < -0.4 is 11.1 Å². The smallest absolute Gasteiger partial charge is 0.325 e. The van der Waals surface area contributed by atoms with Crippen LogP contribution in [0.3, 0.4) is 0 Å². The van der Waals surface area contributed by atoms with Gasteiger partial charge >= 0.3 is 5.97 Å². The fourth-order valence-electron chi connectivity index (χ4n) is 2.22. The summed E-state index contributed by atoms with van der Waals surface area (Å²) >= 11 is 5.96. The number of primary amides is 1. The molecule has 0 spiro atoms. The average Bonchev–Trinajstić information content (AvgIpc) is 2.98. The normalized spacial score (nSPS) is 12.1. The number of benzene rings is 1. The molecule has 0 bridgehead atoms. The number of halogens is 1. The molecule has 3 aromatic rings. The summed E-state index contributed by atoms with van der Waals surface area (Å²) in [7, 11) is 0. The van der Waals surface area contributed by atoms with Gasteiger partial charge in [0.05, 0.1) is 0 Å². The van der Waals surface area contributed by atoms with E-state index in [0.29, 0.717) is 22.4 Å². The van der Waals surface area contributed by atoms with Crippen LogP contribution in [0.15, 0.2) is 30.6 Å². The molecule has 0 aliphatic carbocycles. The molecule has 0 saturated heterocycles. The van der Waals surface area contributed by atoms with Gasteiger partial charge in [-0.25, -0.2) is 4.98 Å². The van der Waals surface area contributed by atoms with Gasteiger partial charge in [-0.3, -0.25) is 14.2 Å².